The van der Waals surface area contributed by atoms with Crippen molar-refractivity contribution in [2.45, 2.75) is 25.6 Å². The number of piperidine rings is 1. The van der Waals surface area contributed by atoms with Crippen molar-refractivity contribution in [2.24, 2.45) is 11.8 Å². The molecule has 7 nitrogen and oxygen atoms in total. The molecule has 166 valence electrons. The predicted octanol–water partition coefficient (Wildman–Crippen LogP) is 3.66. The van der Waals surface area contributed by atoms with E-state index in [-0.39, 0.29) is 5.75 Å². The lowest BCUT2D eigenvalue weighted by Crippen LogP contribution is -2.23. The molecule has 4 heterocycles. The van der Waals surface area contributed by atoms with Gasteiger partial charge in [-0.3, -0.25) is 0 Å². The highest BCUT2D eigenvalue weighted by Crippen LogP contribution is 2.45. The van der Waals surface area contributed by atoms with Gasteiger partial charge in [0, 0.05) is 19.3 Å². The summed E-state index contributed by atoms with van der Waals surface area (Å²) in [6, 6.07) is 2.60. The summed E-state index contributed by atoms with van der Waals surface area (Å²) in [7, 11) is 1.17. The van der Waals surface area contributed by atoms with Crippen LogP contribution in [0.5, 0.6) is 5.75 Å². The van der Waals surface area contributed by atoms with Crippen molar-refractivity contribution in [2.75, 3.05) is 25.1 Å². The normalized spacial score (nSPS) is 19.9. The second-order valence-corrected chi connectivity index (χ2v) is 7.37. The zero-order chi connectivity index (χ0) is 22.2. The van der Waals surface area contributed by atoms with E-state index in [2.05, 4.69) is 29.7 Å². The molecule has 12 heteroatoms. The summed E-state index contributed by atoms with van der Waals surface area (Å²) in [6.45, 7) is 1.58. The van der Waals surface area contributed by atoms with Crippen LogP contribution >= 0.6 is 0 Å². The number of nitrogens with zero attached hydrogens (tertiary/aromatic N) is 6. The van der Waals surface area contributed by atoms with E-state index in [1.54, 1.807) is 6.20 Å². The highest BCUT2D eigenvalue weighted by Gasteiger charge is 2.45. The molecule has 1 aliphatic heterocycles. The van der Waals surface area contributed by atoms with E-state index >= 15 is 0 Å². The zero-order valence-corrected chi connectivity index (χ0v) is 16.4. The van der Waals surface area contributed by atoms with Gasteiger partial charge < -0.3 is 9.64 Å². The van der Waals surface area contributed by atoms with Crippen molar-refractivity contribution in [3.05, 3.63) is 36.4 Å². The van der Waals surface area contributed by atoms with Crippen molar-refractivity contribution in [3.63, 3.8) is 0 Å². The first kappa shape index (κ1) is 21.2. The van der Waals surface area contributed by atoms with E-state index in [1.807, 2.05) is 0 Å². The maximum atomic E-state index is 12.5. The molecule has 2 atom stereocenters. The van der Waals surface area contributed by atoms with E-state index in [0.29, 0.717) is 11.2 Å². The van der Waals surface area contributed by atoms with Crippen LogP contribution in [0.15, 0.2) is 30.7 Å². The molecule has 3 aromatic rings. The number of hydrogen-bond donors (Lipinski definition) is 0. The third-order valence-electron chi connectivity index (χ3n) is 5.21. The number of aromatic nitrogens is 5. The number of methoxy groups -OCH3 is 1. The summed E-state index contributed by atoms with van der Waals surface area (Å²) in [5, 5.41) is 3.92. The molecule has 0 radical (unpaired) electrons. The topological polar surface area (TPSA) is 69.0 Å². The van der Waals surface area contributed by atoms with Crippen LogP contribution in [0, 0.1) is 11.8 Å². The van der Waals surface area contributed by atoms with Crippen LogP contribution in [0.4, 0.5) is 27.8 Å². The molecule has 1 saturated heterocycles. The van der Waals surface area contributed by atoms with Crippen LogP contribution in [0.1, 0.15) is 12.1 Å². The number of fused-ring (bicyclic) bond motifs is 2. The Bertz CT molecular complexity index is 1050. The van der Waals surface area contributed by atoms with Crippen LogP contribution in [0.25, 0.3) is 11.2 Å². The Morgan fingerprint density at radius 1 is 1.16 bits per heavy atom. The maximum Gasteiger partial charge on any atom is 0.437 e. The summed E-state index contributed by atoms with van der Waals surface area (Å²) in [4.78, 5) is 14.1. The molecule has 0 amide bonds. The van der Waals surface area contributed by atoms with Crippen molar-refractivity contribution in [3.8, 4) is 5.75 Å². The van der Waals surface area contributed by atoms with Gasteiger partial charge in [-0.1, -0.05) is 0 Å². The van der Waals surface area contributed by atoms with E-state index in [4.69, 9.17) is 0 Å². The number of hydrogen-bond acceptors (Lipinski definition) is 6. The maximum absolute atomic E-state index is 12.5. The van der Waals surface area contributed by atoms with Crippen molar-refractivity contribution in [1.29, 1.82) is 0 Å². The second-order valence-electron chi connectivity index (χ2n) is 7.37. The first-order chi connectivity index (χ1) is 14.8. The molecule has 2 unspecified atom stereocenters. The van der Waals surface area contributed by atoms with Gasteiger partial charge in [0.15, 0.2) is 11.3 Å². The minimum atomic E-state index is -4.45. The number of halogens is 5. The van der Waals surface area contributed by atoms with Crippen LogP contribution in [0.2, 0.25) is 0 Å². The Hall–Kier alpha value is -3.05. The molecular formula is C19H19F5N6O. The number of anilines is 1. The Kier molecular flexibility index (Phi) is 5.63. The average Bonchev–Trinajstić information content (AvgIpc) is 3.15. The SMILES string of the molecule is COc1cccnc1C(F)(F)F.FC(F)Cn1ncc2ncc(N3CC4CC4C3)nc21. The summed E-state index contributed by atoms with van der Waals surface area (Å²) in [5.74, 6) is 2.10. The van der Waals surface area contributed by atoms with Gasteiger partial charge >= 0.3 is 6.18 Å². The van der Waals surface area contributed by atoms with Crippen molar-refractivity contribution >= 4 is 17.0 Å². The molecule has 2 fully saturated rings. The van der Waals surface area contributed by atoms with Gasteiger partial charge in [-0.15, -0.1) is 0 Å². The van der Waals surface area contributed by atoms with Crippen LogP contribution in [-0.4, -0.2) is 51.4 Å². The average molecular weight is 442 g/mol. The third-order valence-corrected chi connectivity index (χ3v) is 5.21. The molecule has 1 saturated carbocycles. The minimum Gasteiger partial charge on any atom is -0.494 e. The van der Waals surface area contributed by atoms with Crippen LogP contribution < -0.4 is 9.64 Å². The molecule has 1 aliphatic carbocycles. The molecule has 0 N–H and O–H groups in total. The van der Waals surface area contributed by atoms with Gasteiger partial charge in [0.05, 0.1) is 19.5 Å². The van der Waals surface area contributed by atoms with Gasteiger partial charge in [0.1, 0.15) is 23.6 Å². The quantitative estimate of drug-likeness (QED) is 0.575. The standard InChI is InChI=1S/C12H13F2N5.C7H6F3NO/c13-10(14)6-19-12-9(2-16-19)15-3-11(17-12)18-4-7-1-8(7)5-18;1-12-5-3-2-4-11-6(5)7(8,9)10/h2-3,7-8,10H,1,4-6H2;2-4H,1H3. The van der Waals surface area contributed by atoms with E-state index < -0.39 is 24.8 Å². The smallest absolute Gasteiger partial charge is 0.437 e. The molecule has 3 aromatic heterocycles. The lowest BCUT2D eigenvalue weighted by atomic mass is 10.3. The summed E-state index contributed by atoms with van der Waals surface area (Å²) in [6.07, 6.45) is -1.31. The number of alkyl halides is 5. The Balaban J connectivity index is 0.000000168. The highest BCUT2D eigenvalue weighted by atomic mass is 19.4. The first-order valence-electron chi connectivity index (χ1n) is 9.54. The van der Waals surface area contributed by atoms with Gasteiger partial charge in [-0.25, -0.2) is 28.4 Å². The lowest BCUT2D eigenvalue weighted by molar-refractivity contribution is -0.142. The van der Waals surface area contributed by atoms with Crippen LogP contribution in [-0.2, 0) is 12.7 Å². The molecule has 0 bridgehead atoms. The molecule has 0 spiro atoms. The largest absolute Gasteiger partial charge is 0.494 e. The number of rotatable bonds is 4. The molecule has 5 rings (SSSR count). The summed E-state index contributed by atoms with van der Waals surface area (Å²) < 4.78 is 66.9. The van der Waals surface area contributed by atoms with Gasteiger partial charge in [-0.05, 0) is 30.4 Å². The summed E-state index contributed by atoms with van der Waals surface area (Å²) in [5.41, 5.74) is 0.0135. The fourth-order valence-electron chi connectivity index (χ4n) is 3.61. The van der Waals surface area contributed by atoms with E-state index in [9.17, 15) is 22.0 Å². The predicted molar refractivity (Wildman–Crippen MR) is 101 cm³/mol. The van der Waals surface area contributed by atoms with Gasteiger partial charge in [-0.2, -0.15) is 18.3 Å². The van der Waals surface area contributed by atoms with Crippen LogP contribution in [0.3, 0.4) is 0 Å². The van der Waals surface area contributed by atoms with Gasteiger partial charge in [0.2, 0.25) is 0 Å². The Morgan fingerprint density at radius 2 is 1.90 bits per heavy atom. The van der Waals surface area contributed by atoms with E-state index in [1.165, 1.54) is 36.5 Å². The van der Waals surface area contributed by atoms with Crippen molar-refractivity contribution in [1.82, 2.24) is 24.7 Å². The molecule has 31 heavy (non-hydrogen) atoms. The molecule has 2 aliphatic rings. The Labute approximate surface area is 173 Å². The lowest BCUT2D eigenvalue weighted by Gasteiger charge is -2.18. The first-order valence-corrected chi connectivity index (χ1v) is 9.54. The van der Waals surface area contributed by atoms with Gasteiger partial charge in [0.25, 0.3) is 6.43 Å². The minimum absolute atomic E-state index is 0.259. The summed E-state index contributed by atoms with van der Waals surface area (Å²) >= 11 is 0. The Morgan fingerprint density at radius 3 is 2.52 bits per heavy atom. The van der Waals surface area contributed by atoms with E-state index in [0.717, 1.165) is 36.9 Å². The zero-order valence-electron chi connectivity index (χ0n) is 16.4. The second kappa shape index (κ2) is 8.23. The highest BCUT2D eigenvalue weighted by molar-refractivity contribution is 5.71. The molecular weight excluding hydrogens is 423 g/mol. The third kappa shape index (κ3) is 4.67. The number of pyridine rings is 1. The fraction of sp³-hybridized carbons (Fsp3) is 0.474. The van der Waals surface area contributed by atoms with Crippen molar-refractivity contribution < 1.29 is 26.7 Å². The molecule has 0 aromatic carbocycles. The monoisotopic (exact) mass is 442 g/mol. The fourth-order valence-corrected chi connectivity index (χ4v) is 3.61. The number of ether oxygens (including phenoxy) is 1.